The first-order valence-corrected chi connectivity index (χ1v) is 9.45. The predicted molar refractivity (Wildman–Crippen MR) is 98.3 cm³/mol. The van der Waals surface area contributed by atoms with E-state index in [0.29, 0.717) is 12.3 Å². The lowest BCUT2D eigenvalue weighted by atomic mass is 10.1. The second kappa shape index (κ2) is 9.60. The minimum Gasteiger partial charge on any atom is -0.353 e. The van der Waals surface area contributed by atoms with Crippen LogP contribution in [0.5, 0.6) is 0 Å². The number of hydrogen-bond donors (Lipinski definition) is 0. The molecule has 1 aliphatic heterocycles. The summed E-state index contributed by atoms with van der Waals surface area (Å²) in [5.41, 5.74) is 0.999. The van der Waals surface area contributed by atoms with Crippen molar-refractivity contribution in [2.24, 2.45) is 0 Å². The molecule has 0 unspecified atom stereocenters. The van der Waals surface area contributed by atoms with Gasteiger partial charge in [0.05, 0.1) is 0 Å². The first-order chi connectivity index (χ1) is 11.6. The SMILES string of the molecule is CCCCCCCCC(=O)N1CCN(c2cc(C)nc(C)n2)CC1. The van der Waals surface area contributed by atoms with Crippen molar-refractivity contribution in [3.05, 3.63) is 17.6 Å². The minimum absolute atomic E-state index is 0.320. The summed E-state index contributed by atoms with van der Waals surface area (Å²) in [6, 6.07) is 2.03. The molecule has 5 nitrogen and oxygen atoms in total. The Hall–Kier alpha value is -1.65. The number of hydrogen-bond acceptors (Lipinski definition) is 4. The largest absolute Gasteiger partial charge is 0.353 e. The van der Waals surface area contributed by atoms with Gasteiger partial charge in [-0.2, -0.15) is 0 Å². The average molecular weight is 332 g/mol. The zero-order valence-corrected chi connectivity index (χ0v) is 15.6. The summed E-state index contributed by atoms with van der Waals surface area (Å²) in [4.78, 5) is 25.5. The molecular formula is C19H32N4O. The molecule has 0 aromatic carbocycles. The van der Waals surface area contributed by atoms with E-state index >= 15 is 0 Å². The zero-order chi connectivity index (χ0) is 17.4. The van der Waals surface area contributed by atoms with E-state index < -0.39 is 0 Å². The monoisotopic (exact) mass is 332 g/mol. The lowest BCUT2D eigenvalue weighted by Gasteiger charge is -2.35. The standard InChI is InChI=1S/C19H32N4O/c1-4-5-6-7-8-9-10-19(24)23-13-11-22(12-14-23)18-15-16(2)20-17(3)21-18/h15H,4-14H2,1-3H3. The van der Waals surface area contributed by atoms with Crippen molar-refractivity contribution in [2.75, 3.05) is 31.1 Å². The third kappa shape index (κ3) is 5.77. The fraction of sp³-hybridized carbons (Fsp3) is 0.737. The van der Waals surface area contributed by atoms with Gasteiger partial charge >= 0.3 is 0 Å². The molecule has 0 spiro atoms. The number of anilines is 1. The molecule has 1 saturated heterocycles. The van der Waals surface area contributed by atoms with Crippen LogP contribution >= 0.6 is 0 Å². The summed E-state index contributed by atoms with van der Waals surface area (Å²) in [5.74, 6) is 2.12. The molecule has 5 heteroatoms. The van der Waals surface area contributed by atoms with E-state index in [-0.39, 0.29) is 0 Å². The molecule has 0 radical (unpaired) electrons. The van der Waals surface area contributed by atoms with Crippen molar-refractivity contribution in [1.29, 1.82) is 0 Å². The molecule has 24 heavy (non-hydrogen) atoms. The molecule has 134 valence electrons. The maximum Gasteiger partial charge on any atom is 0.222 e. The van der Waals surface area contributed by atoms with E-state index in [1.54, 1.807) is 0 Å². The van der Waals surface area contributed by atoms with Crippen LogP contribution in [0.25, 0.3) is 0 Å². The van der Waals surface area contributed by atoms with Crippen molar-refractivity contribution in [2.45, 2.75) is 65.7 Å². The van der Waals surface area contributed by atoms with Crippen LogP contribution in [0.4, 0.5) is 5.82 Å². The smallest absolute Gasteiger partial charge is 0.222 e. The summed E-state index contributed by atoms with van der Waals surface area (Å²) < 4.78 is 0. The van der Waals surface area contributed by atoms with Crippen LogP contribution < -0.4 is 4.90 Å². The van der Waals surface area contributed by atoms with Crippen molar-refractivity contribution in [3.63, 3.8) is 0 Å². The summed E-state index contributed by atoms with van der Waals surface area (Å²) in [7, 11) is 0. The Bertz CT molecular complexity index is 504. The quantitative estimate of drug-likeness (QED) is 0.684. The van der Waals surface area contributed by atoms with Crippen LogP contribution in [-0.4, -0.2) is 47.0 Å². The van der Waals surface area contributed by atoms with Crippen LogP contribution in [0.1, 0.15) is 63.4 Å². The van der Waals surface area contributed by atoms with Crippen molar-refractivity contribution in [1.82, 2.24) is 14.9 Å². The van der Waals surface area contributed by atoms with Crippen molar-refractivity contribution >= 4 is 11.7 Å². The molecule has 0 aliphatic carbocycles. The van der Waals surface area contributed by atoms with Crippen LogP contribution in [0.15, 0.2) is 6.07 Å². The van der Waals surface area contributed by atoms with Crippen LogP contribution in [-0.2, 0) is 4.79 Å². The van der Waals surface area contributed by atoms with Gasteiger partial charge in [-0.1, -0.05) is 39.0 Å². The van der Waals surface area contributed by atoms with Crippen LogP contribution in [0.2, 0.25) is 0 Å². The lowest BCUT2D eigenvalue weighted by molar-refractivity contribution is -0.131. The Morgan fingerprint density at radius 2 is 1.67 bits per heavy atom. The molecule has 1 fully saturated rings. The van der Waals surface area contributed by atoms with Crippen molar-refractivity contribution in [3.8, 4) is 0 Å². The van der Waals surface area contributed by atoms with E-state index in [2.05, 4.69) is 21.8 Å². The number of rotatable bonds is 8. The lowest BCUT2D eigenvalue weighted by Crippen LogP contribution is -2.49. The van der Waals surface area contributed by atoms with E-state index in [1.807, 2.05) is 24.8 Å². The first-order valence-electron chi connectivity index (χ1n) is 9.45. The van der Waals surface area contributed by atoms with Gasteiger partial charge in [-0.25, -0.2) is 9.97 Å². The second-order valence-electron chi connectivity index (χ2n) is 6.80. The Labute approximate surface area is 146 Å². The Morgan fingerprint density at radius 3 is 2.33 bits per heavy atom. The van der Waals surface area contributed by atoms with Crippen LogP contribution in [0.3, 0.4) is 0 Å². The molecule has 0 atom stereocenters. The fourth-order valence-corrected chi connectivity index (χ4v) is 3.26. The maximum absolute atomic E-state index is 12.3. The first kappa shape index (κ1) is 18.7. The molecule has 1 aromatic heterocycles. The highest BCUT2D eigenvalue weighted by atomic mass is 16.2. The van der Waals surface area contributed by atoms with Gasteiger partial charge in [-0.3, -0.25) is 4.79 Å². The minimum atomic E-state index is 0.320. The van der Waals surface area contributed by atoms with E-state index in [4.69, 9.17) is 0 Å². The Balaban J connectivity index is 1.71. The van der Waals surface area contributed by atoms with Gasteiger partial charge in [-0.05, 0) is 20.3 Å². The summed E-state index contributed by atoms with van der Waals surface area (Å²) in [6.07, 6.45) is 8.09. The number of nitrogens with zero attached hydrogens (tertiary/aromatic N) is 4. The highest BCUT2D eigenvalue weighted by Crippen LogP contribution is 2.16. The van der Waals surface area contributed by atoms with Crippen molar-refractivity contribution < 1.29 is 4.79 Å². The highest BCUT2D eigenvalue weighted by molar-refractivity contribution is 5.76. The number of carbonyl (C=O) groups is 1. The van der Waals surface area contributed by atoms with E-state index in [0.717, 1.165) is 49.9 Å². The zero-order valence-electron chi connectivity index (χ0n) is 15.6. The molecule has 2 rings (SSSR count). The van der Waals surface area contributed by atoms with Gasteiger partial charge in [0.15, 0.2) is 0 Å². The summed E-state index contributed by atoms with van der Waals surface area (Å²) >= 11 is 0. The number of piperazine rings is 1. The molecule has 0 N–H and O–H groups in total. The predicted octanol–water partition coefficient (Wildman–Crippen LogP) is 3.49. The topological polar surface area (TPSA) is 49.3 Å². The van der Waals surface area contributed by atoms with E-state index in [9.17, 15) is 4.79 Å². The number of aromatic nitrogens is 2. The normalized spacial score (nSPS) is 15.0. The van der Waals surface area contributed by atoms with E-state index in [1.165, 1.54) is 32.1 Å². The van der Waals surface area contributed by atoms with Gasteiger partial charge in [0.1, 0.15) is 11.6 Å². The highest BCUT2D eigenvalue weighted by Gasteiger charge is 2.21. The second-order valence-corrected chi connectivity index (χ2v) is 6.80. The van der Waals surface area contributed by atoms with Gasteiger partial charge in [0, 0.05) is 44.4 Å². The third-order valence-electron chi connectivity index (χ3n) is 4.65. The van der Waals surface area contributed by atoms with Crippen LogP contribution in [0, 0.1) is 13.8 Å². The fourth-order valence-electron chi connectivity index (χ4n) is 3.26. The van der Waals surface area contributed by atoms with Gasteiger partial charge in [0.25, 0.3) is 0 Å². The number of unbranched alkanes of at least 4 members (excludes halogenated alkanes) is 5. The molecule has 0 saturated carbocycles. The molecule has 0 bridgehead atoms. The molecule has 1 aliphatic rings. The summed E-state index contributed by atoms with van der Waals surface area (Å²) in [5, 5.41) is 0. The Kier molecular flexibility index (Phi) is 7.47. The average Bonchev–Trinajstić information content (AvgIpc) is 2.57. The molecule has 1 amide bonds. The van der Waals surface area contributed by atoms with Gasteiger partial charge in [0.2, 0.25) is 5.91 Å². The van der Waals surface area contributed by atoms with Gasteiger partial charge in [-0.15, -0.1) is 0 Å². The number of carbonyl (C=O) groups excluding carboxylic acids is 1. The molecule has 2 heterocycles. The molecule has 1 aromatic rings. The molecular weight excluding hydrogens is 300 g/mol. The number of amides is 1. The Morgan fingerprint density at radius 1 is 1.00 bits per heavy atom. The summed E-state index contributed by atoms with van der Waals surface area (Å²) in [6.45, 7) is 9.48. The van der Waals surface area contributed by atoms with Gasteiger partial charge < -0.3 is 9.80 Å². The third-order valence-corrected chi connectivity index (χ3v) is 4.65. The maximum atomic E-state index is 12.3. The number of aryl methyl sites for hydroxylation is 2.